The third-order valence-electron chi connectivity index (χ3n) is 11.3. The van der Waals surface area contributed by atoms with Crippen LogP contribution >= 0.6 is 0 Å². The Balaban J connectivity index is 1.46. The van der Waals surface area contributed by atoms with Crippen molar-refractivity contribution in [1.82, 2.24) is 0 Å². The minimum atomic E-state index is -2.47. The molecule has 0 amide bonds. The molecule has 0 unspecified atom stereocenters. The molecule has 254 valence electrons. The Bertz CT molecular complexity index is 1160. The van der Waals surface area contributed by atoms with E-state index in [0.29, 0.717) is 12.0 Å². The molecule has 2 saturated carbocycles. The number of ketones is 1. The lowest BCUT2D eigenvalue weighted by molar-refractivity contribution is -0.252. The molecule has 0 radical (unpaired) electrons. The van der Waals surface area contributed by atoms with E-state index >= 15 is 0 Å². The fourth-order valence-electron chi connectivity index (χ4n) is 8.46. The van der Waals surface area contributed by atoms with E-state index in [0.717, 1.165) is 19.3 Å². The predicted molar refractivity (Wildman–Crippen MR) is 170 cm³/mol. The molecule has 4 aliphatic rings. The summed E-state index contributed by atoms with van der Waals surface area (Å²) in [6, 6.07) is 0. The number of epoxide rings is 1. The zero-order valence-electron chi connectivity index (χ0n) is 27.7. The maximum atomic E-state index is 13.3. The van der Waals surface area contributed by atoms with Crippen LogP contribution in [0.5, 0.6) is 0 Å². The number of Topliss-reactive ketones (excluding diaryl/α,β-unsaturated/α-hetero) is 1. The summed E-state index contributed by atoms with van der Waals surface area (Å²) in [5.74, 6) is -4.73. The first-order chi connectivity index (χ1) is 21.3. The van der Waals surface area contributed by atoms with Gasteiger partial charge in [0.1, 0.15) is 29.5 Å². The molecule has 9 nitrogen and oxygen atoms in total. The highest BCUT2D eigenvalue weighted by Gasteiger charge is 2.83. The van der Waals surface area contributed by atoms with E-state index in [1.54, 1.807) is 19.9 Å². The van der Waals surface area contributed by atoms with E-state index in [1.807, 2.05) is 0 Å². The topological polar surface area (TPSA) is 157 Å². The Morgan fingerprint density at radius 1 is 1.07 bits per heavy atom. The summed E-state index contributed by atoms with van der Waals surface area (Å²) in [6.07, 6.45) is 14.2. The summed E-state index contributed by atoms with van der Waals surface area (Å²) in [6.45, 7) is 10.2. The number of ether oxygens (including phenoxy) is 2. The summed E-state index contributed by atoms with van der Waals surface area (Å²) in [7, 11) is 0. The first-order valence-electron chi connectivity index (χ1n) is 17.2. The van der Waals surface area contributed by atoms with Crippen LogP contribution in [-0.4, -0.2) is 84.6 Å². The third-order valence-corrected chi connectivity index (χ3v) is 11.3. The van der Waals surface area contributed by atoms with Gasteiger partial charge < -0.3 is 35.0 Å². The van der Waals surface area contributed by atoms with Crippen LogP contribution in [-0.2, 0) is 19.1 Å². The largest absolute Gasteiger partial charge is 0.455 e. The van der Waals surface area contributed by atoms with Gasteiger partial charge in [-0.25, -0.2) is 4.79 Å². The average Bonchev–Trinajstić information content (AvgIpc) is 3.69. The van der Waals surface area contributed by atoms with Crippen LogP contribution in [0.15, 0.2) is 36.0 Å². The van der Waals surface area contributed by atoms with Crippen molar-refractivity contribution in [2.45, 2.75) is 152 Å². The number of hydrogen-bond acceptors (Lipinski definition) is 9. The molecule has 1 heterocycles. The second kappa shape index (κ2) is 14.1. The lowest BCUT2D eigenvalue weighted by atomic mass is 9.54. The number of aliphatic hydroxyl groups excluding tert-OH is 2. The molecule has 3 aliphatic carbocycles. The molecule has 3 fully saturated rings. The lowest BCUT2D eigenvalue weighted by Crippen LogP contribution is -2.71. The quantitative estimate of drug-likeness (QED) is 0.0552. The second-order valence-electron chi connectivity index (χ2n) is 14.3. The van der Waals surface area contributed by atoms with Crippen LogP contribution in [0.25, 0.3) is 0 Å². The van der Waals surface area contributed by atoms with Crippen molar-refractivity contribution in [2.24, 2.45) is 17.8 Å². The van der Waals surface area contributed by atoms with Crippen LogP contribution in [0.2, 0.25) is 0 Å². The highest BCUT2D eigenvalue weighted by atomic mass is 16.6. The fraction of sp³-hybridized carbons (Fsp3) is 0.778. The third kappa shape index (κ3) is 6.25. The first kappa shape index (κ1) is 36.0. The molecule has 0 aromatic heterocycles. The van der Waals surface area contributed by atoms with E-state index in [1.165, 1.54) is 70.4 Å². The minimum Gasteiger partial charge on any atom is -0.455 e. The van der Waals surface area contributed by atoms with Gasteiger partial charge >= 0.3 is 5.97 Å². The smallest absolute Gasteiger partial charge is 0.330 e. The zero-order chi connectivity index (χ0) is 33.2. The Morgan fingerprint density at radius 3 is 2.20 bits per heavy atom. The highest BCUT2D eigenvalue weighted by Crippen LogP contribution is 2.65. The van der Waals surface area contributed by atoms with Gasteiger partial charge in [-0.1, -0.05) is 96.8 Å². The number of unbranched alkanes of at least 4 members (excludes halogenated alkanes) is 11. The number of allylic oxidation sites excluding steroid dienone is 1. The van der Waals surface area contributed by atoms with Gasteiger partial charge in [-0.2, -0.15) is 0 Å². The minimum absolute atomic E-state index is 0.0850. The summed E-state index contributed by atoms with van der Waals surface area (Å²) in [5.41, 5.74) is -7.53. The van der Waals surface area contributed by atoms with Crippen molar-refractivity contribution in [3.8, 4) is 0 Å². The Hall–Kier alpha value is -1.88. The molecule has 0 aromatic carbocycles. The average molecular weight is 633 g/mol. The number of fused-ring (bicyclic) bond motifs is 5. The zero-order valence-corrected chi connectivity index (χ0v) is 27.7. The molecule has 5 N–H and O–H groups in total. The molecule has 1 aliphatic heterocycles. The van der Waals surface area contributed by atoms with E-state index in [9.17, 15) is 35.1 Å². The molecule has 4 rings (SSSR count). The van der Waals surface area contributed by atoms with Crippen LogP contribution in [0.4, 0.5) is 0 Å². The maximum Gasteiger partial charge on any atom is 0.330 e. The Morgan fingerprint density at radius 2 is 1.64 bits per heavy atom. The molecule has 10 atom stereocenters. The summed E-state index contributed by atoms with van der Waals surface area (Å²) in [5, 5.41) is 58.2. The predicted octanol–water partition coefficient (Wildman–Crippen LogP) is 4.23. The van der Waals surface area contributed by atoms with E-state index < -0.39 is 76.8 Å². The van der Waals surface area contributed by atoms with Gasteiger partial charge in [0.15, 0.2) is 11.4 Å². The molecule has 0 bridgehead atoms. The number of carbonyl (C=O) groups excluding carboxylic acids is 2. The number of rotatable bonds is 16. The van der Waals surface area contributed by atoms with Gasteiger partial charge in [0.25, 0.3) is 0 Å². The monoisotopic (exact) mass is 632 g/mol. The van der Waals surface area contributed by atoms with Gasteiger partial charge in [0, 0.05) is 12.0 Å². The number of esters is 1. The molecular formula is C36H56O9. The standard InChI is InChI=1S/C36H56O9/c1-6-7-8-9-10-11-12-13-14-15-16-17-18-19-27(38)44-30-28-31-34(22-37,45-31)32(40)36(43)26(20-24(4)29(36)39)35(28,42)25(5)21-33(30,41)23(2)3/h18-20,25-26,28,30-32,37,40-43H,2,6-17,21-22H2,1,3-5H3/b19-18+/t25-,26+,28-,30-,31+,32-,33+,34+,35+,36-/m1/s1. The van der Waals surface area contributed by atoms with E-state index in [2.05, 4.69) is 13.5 Å². The first-order valence-corrected chi connectivity index (χ1v) is 17.2. The van der Waals surface area contributed by atoms with Crippen molar-refractivity contribution >= 4 is 11.8 Å². The lowest BCUT2D eigenvalue weighted by Gasteiger charge is -2.57. The summed E-state index contributed by atoms with van der Waals surface area (Å²) in [4.78, 5) is 26.5. The van der Waals surface area contributed by atoms with Gasteiger partial charge in [-0.3, -0.25) is 4.79 Å². The summed E-state index contributed by atoms with van der Waals surface area (Å²) >= 11 is 0. The SMILES string of the molecule is C=C(C)[C@@]1(O)C[C@@H](C)[C@@]2(O)[C@H]([C@H]1OC(=O)/C=C/CCCCCCCCCCCCC)[C@@H]1O[C@]1(CO)[C@@H](O)[C@]1(O)C(=O)C(C)=C[C@H]12. The van der Waals surface area contributed by atoms with Crippen molar-refractivity contribution in [1.29, 1.82) is 0 Å². The number of carbonyl (C=O) groups is 2. The normalized spacial score (nSPS) is 40.4. The second-order valence-corrected chi connectivity index (χ2v) is 14.3. The molecule has 45 heavy (non-hydrogen) atoms. The van der Waals surface area contributed by atoms with E-state index in [-0.39, 0.29) is 12.0 Å². The van der Waals surface area contributed by atoms with Gasteiger partial charge in [-0.15, -0.1) is 0 Å². The van der Waals surface area contributed by atoms with Gasteiger partial charge in [-0.05, 0) is 50.2 Å². The molecule has 0 aromatic rings. The van der Waals surface area contributed by atoms with Crippen molar-refractivity contribution in [3.63, 3.8) is 0 Å². The Labute approximate surface area is 268 Å². The van der Waals surface area contributed by atoms with Crippen LogP contribution in [0.1, 0.15) is 111 Å². The Kier molecular flexibility index (Phi) is 11.3. The van der Waals surface area contributed by atoms with E-state index in [4.69, 9.17) is 9.47 Å². The molecule has 0 spiro atoms. The van der Waals surface area contributed by atoms with Crippen LogP contribution < -0.4 is 0 Å². The fourth-order valence-corrected chi connectivity index (χ4v) is 8.46. The molecular weight excluding hydrogens is 576 g/mol. The van der Waals surface area contributed by atoms with Crippen molar-refractivity contribution in [3.05, 3.63) is 36.0 Å². The highest BCUT2D eigenvalue weighted by molar-refractivity contribution is 6.05. The maximum absolute atomic E-state index is 13.3. The van der Waals surface area contributed by atoms with Crippen molar-refractivity contribution in [2.75, 3.05) is 6.61 Å². The molecule has 9 heteroatoms. The van der Waals surface area contributed by atoms with Crippen LogP contribution in [0.3, 0.4) is 0 Å². The number of hydrogen-bond donors (Lipinski definition) is 5. The number of aliphatic hydroxyl groups is 5. The summed E-state index contributed by atoms with van der Waals surface area (Å²) < 4.78 is 11.8. The van der Waals surface area contributed by atoms with Crippen LogP contribution in [0, 0.1) is 17.8 Å². The van der Waals surface area contributed by atoms with Gasteiger partial charge in [0.05, 0.1) is 18.1 Å². The van der Waals surface area contributed by atoms with Gasteiger partial charge in [0.2, 0.25) is 0 Å². The molecule has 1 saturated heterocycles. The van der Waals surface area contributed by atoms with Crippen molar-refractivity contribution < 1.29 is 44.6 Å².